The summed E-state index contributed by atoms with van der Waals surface area (Å²) in [7, 11) is 0. The van der Waals surface area contributed by atoms with Crippen LogP contribution in [0, 0.1) is 6.92 Å². The minimum absolute atomic E-state index is 0.325. The Kier molecular flexibility index (Phi) is 4.32. The van der Waals surface area contributed by atoms with Crippen LogP contribution in [0.25, 0.3) is 0 Å². The van der Waals surface area contributed by atoms with Gasteiger partial charge in [-0.2, -0.15) is 0 Å². The van der Waals surface area contributed by atoms with Gasteiger partial charge in [0.1, 0.15) is 0 Å². The Balaban J connectivity index is 2.11. The molecule has 0 bridgehead atoms. The van der Waals surface area contributed by atoms with E-state index >= 15 is 0 Å². The molecule has 0 spiro atoms. The molecule has 2 aromatic carbocycles. The number of aryl methyl sites for hydroxylation is 1. The highest BCUT2D eigenvalue weighted by molar-refractivity contribution is 7.98. The van der Waals surface area contributed by atoms with Crippen molar-refractivity contribution in [2.45, 2.75) is 24.8 Å². The number of nitrogens with one attached hydrogen (secondary N) is 1. The van der Waals surface area contributed by atoms with Crippen LogP contribution in [0.2, 0.25) is 0 Å². The summed E-state index contributed by atoms with van der Waals surface area (Å²) < 4.78 is 0. The number of hydrogen-bond donors (Lipinski definition) is 1. The lowest BCUT2D eigenvalue weighted by atomic mass is 10.0. The third kappa shape index (κ3) is 3.08. The van der Waals surface area contributed by atoms with Crippen LogP contribution in [0.3, 0.4) is 0 Å². The van der Waals surface area contributed by atoms with Gasteiger partial charge in [0.25, 0.3) is 0 Å². The summed E-state index contributed by atoms with van der Waals surface area (Å²) in [5, 5.41) is 3.54. The maximum absolute atomic E-state index is 3.54. The third-order valence-electron chi connectivity index (χ3n) is 3.13. The molecular weight excluding hydrogens is 238 g/mol. The van der Waals surface area contributed by atoms with E-state index < -0.39 is 0 Å². The van der Waals surface area contributed by atoms with Gasteiger partial charge in [-0.3, -0.25) is 0 Å². The summed E-state index contributed by atoms with van der Waals surface area (Å²) in [5.41, 5.74) is 3.85. The molecule has 0 aromatic heterocycles. The summed E-state index contributed by atoms with van der Waals surface area (Å²) in [4.78, 5) is 1.30. The van der Waals surface area contributed by atoms with Crippen LogP contribution < -0.4 is 5.32 Å². The number of anilines is 1. The normalized spacial score (nSPS) is 12.2. The molecule has 0 amide bonds. The Morgan fingerprint density at radius 3 is 2.28 bits per heavy atom. The van der Waals surface area contributed by atoms with Gasteiger partial charge in [-0.1, -0.05) is 24.3 Å². The summed E-state index contributed by atoms with van der Waals surface area (Å²) in [6.45, 7) is 4.36. The Bertz CT molecular complexity index is 505. The van der Waals surface area contributed by atoms with Crippen LogP contribution in [0.5, 0.6) is 0 Å². The van der Waals surface area contributed by atoms with Gasteiger partial charge < -0.3 is 5.32 Å². The molecule has 0 aliphatic heterocycles. The quantitative estimate of drug-likeness (QED) is 0.783. The summed E-state index contributed by atoms with van der Waals surface area (Å²) in [6, 6.07) is 17.4. The minimum Gasteiger partial charge on any atom is -0.379 e. The van der Waals surface area contributed by atoms with E-state index in [-0.39, 0.29) is 0 Å². The van der Waals surface area contributed by atoms with Gasteiger partial charge in [0, 0.05) is 16.6 Å². The molecule has 0 aliphatic rings. The van der Waals surface area contributed by atoms with Crippen molar-refractivity contribution in [2.75, 3.05) is 11.6 Å². The Morgan fingerprint density at radius 1 is 1.00 bits per heavy atom. The van der Waals surface area contributed by atoms with E-state index in [1.165, 1.54) is 21.7 Å². The zero-order valence-corrected chi connectivity index (χ0v) is 11.9. The van der Waals surface area contributed by atoms with Gasteiger partial charge >= 0.3 is 0 Å². The van der Waals surface area contributed by atoms with Crippen LogP contribution >= 0.6 is 11.8 Å². The highest BCUT2D eigenvalue weighted by Gasteiger charge is 2.07. The highest BCUT2D eigenvalue weighted by atomic mass is 32.2. The molecule has 2 heteroatoms. The Morgan fingerprint density at radius 2 is 1.67 bits per heavy atom. The third-order valence-corrected chi connectivity index (χ3v) is 3.87. The molecule has 0 fully saturated rings. The van der Waals surface area contributed by atoms with Crippen LogP contribution in [-0.4, -0.2) is 6.26 Å². The fourth-order valence-electron chi connectivity index (χ4n) is 2.09. The second kappa shape index (κ2) is 5.96. The van der Waals surface area contributed by atoms with E-state index in [0.717, 1.165) is 0 Å². The van der Waals surface area contributed by atoms with Crippen LogP contribution in [0.1, 0.15) is 24.1 Å². The zero-order valence-electron chi connectivity index (χ0n) is 11.1. The van der Waals surface area contributed by atoms with Crippen molar-refractivity contribution >= 4 is 17.4 Å². The van der Waals surface area contributed by atoms with Gasteiger partial charge in [-0.25, -0.2) is 0 Å². The molecule has 1 atom stereocenters. The first-order valence-corrected chi connectivity index (χ1v) is 7.39. The van der Waals surface area contributed by atoms with E-state index in [9.17, 15) is 0 Å². The Hall–Kier alpha value is -1.41. The first-order chi connectivity index (χ1) is 8.70. The van der Waals surface area contributed by atoms with E-state index in [0.29, 0.717) is 6.04 Å². The lowest BCUT2D eigenvalue weighted by Crippen LogP contribution is -2.07. The van der Waals surface area contributed by atoms with Crippen LogP contribution in [0.4, 0.5) is 5.69 Å². The predicted molar refractivity (Wildman–Crippen MR) is 81.4 cm³/mol. The fourth-order valence-corrected chi connectivity index (χ4v) is 2.50. The second-order valence-electron chi connectivity index (χ2n) is 4.45. The van der Waals surface area contributed by atoms with Crippen LogP contribution in [0.15, 0.2) is 53.4 Å². The van der Waals surface area contributed by atoms with E-state index in [1.54, 1.807) is 11.8 Å². The monoisotopic (exact) mass is 257 g/mol. The molecular formula is C16H19NS. The van der Waals surface area contributed by atoms with Crippen molar-refractivity contribution in [3.8, 4) is 0 Å². The molecule has 1 nitrogen and oxygen atoms in total. The molecule has 1 unspecified atom stereocenters. The molecule has 0 radical (unpaired) electrons. The molecule has 94 valence electrons. The summed E-state index contributed by atoms with van der Waals surface area (Å²) in [6.07, 6.45) is 2.10. The van der Waals surface area contributed by atoms with Crippen molar-refractivity contribution in [3.63, 3.8) is 0 Å². The molecule has 2 rings (SSSR count). The van der Waals surface area contributed by atoms with Crippen molar-refractivity contribution in [2.24, 2.45) is 0 Å². The van der Waals surface area contributed by atoms with E-state index in [4.69, 9.17) is 0 Å². The van der Waals surface area contributed by atoms with E-state index in [1.807, 2.05) is 0 Å². The van der Waals surface area contributed by atoms with Gasteiger partial charge in [-0.05, 0) is 55.5 Å². The topological polar surface area (TPSA) is 12.0 Å². The van der Waals surface area contributed by atoms with Gasteiger partial charge in [0.2, 0.25) is 0 Å². The molecule has 0 heterocycles. The largest absolute Gasteiger partial charge is 0.379 e. The molecule has 1 N–H and O–H groups in total. The SMILES string of the molecule is CSc1ccc(NC(C)c2ccccc2C)cc1. The average Bonchev–Trinajstić information content (AvgIpc) is 2.40. The van der Waals surface area contributed by atoms with Crippen molar-refractivity contribution in [1.29, 1.82) is 0 Å². The number of rotatable bonds is 4. The minimum atomic E-state index is 0.325. The Labute approximate surface area is 114 Å². The standard InChI is InChI=1S/C16H19NS/c1-12-6-4-5-7-16(12)13(2)17-14-8-10-15(18-3)11-9-14/h4-11,13,17H,1-3H3. The lowest BCUT2D eigenvalue weighted by Gasteiger charge is -2.18. The van der Waals surface area contributed by atoms with Crippen molar-refractivity contribution in [3.05, 3.63) is 59.7 Å². The van der Waals surface area contributed by atoms with Gasteiger partial charge in [-0.15, -0.1) is 11.8 Å². The molecule has 0 saturated carbocycles. The molecule has 2 aromatic rings. The molecule has 0 saturated heterocycles. The predicted octanol–water partition coefficient (Wildman–Crippen LogP) is 4.89. The van der Waals surface area contributed by atoms with Gasteiger partial charge in [0.15, 0.2) is 0 Å². The maximum Gasteiger partial charge on any atom is 0.0488 e. The van der Waals surface area contributed by atoms with Crippen LogP contribution in [-0.2, 0) is 0 Å². The first-order valence-electron chi connectivity index (χ1n) is 6.17. The zero-order chi connectivity index (χ0) is 13.0. The van der Waals surface area contributed by atoms with Crippen molar-refractivity contribution < 1.29 is 0 Å². The van der Waals surface area contributed by atoms with Crippen molar-refractivity contribution in [1.82, 2.24) is 0 Å². The molecule has 18 heavy (non-hydrogen) atoms. The average molecular weight is 257 g/mol. The first kappa shape index (κ1) is 13.0. The maximum atomic E-state index is 3.54. The summed E-state index contributed by atoms with van der Waals surface area (Å²) >= 11 is 1.77. The highest BCUT2D eigenvalue weighted by Crippen LogP contribution is 2.23. The van der Waals surface area contributed by atoms with E-state index in [2.05, 4.69) is 74.0 Å². The number of thioether (sulfide) groups is 1. The molecule has 0 aliphatic carbocycles. The lowest BCUT2D eigenvalue weighted by molar-refractivity contribution is 0.874. The van der Waals surface area contributed by atoms with Gasteiger partial charge in [0.05, 0.1) is 0 Å². The fraction of sp³-hybridized carbons (Fsp3) is 0.250. The smallest absolute Gasteiger partial charge is 0.0488 e. The second-order valence-corrected chi connectivity index (χ2v) is 5.33. The number of benzene rings is 2. The number of hydrogen-bond acceptors (Lipinski definition) is 2. The summed E-state index contributed by atoms with van der Waals surface area (Å²) in [5.74, 6) is 0.